The first-order valence-electron chi connectivity index (χ1n) is 8.86. The third-order valence-corrected chi connectivity index (χ3v) is 4.28. The van der Waals surface area contributed by atoms with E-state index in [0.717, 1.165) is 11.0 Å². The van der Waals surface area contributed by atoms with Crippen molar-refractivity contribution in [2.75, 3.05) is 0 Å². The molecule has 0 aliphatic rings. The van der Waals surface area contributed by atoms with E-state index in [1.54, 1.807) is 24.3 Å². The van der Waals surface area contributed by atoms with Gasteiger partial charge in [-0.25, -0.2) is 9.78 Å². The first-order valence-corrected chi connectivity index (χ1v) is 8.86. The summed E-state index contributed by atoms with van der Waals surface area (Å²) in [6.45, 7) is 2.13. The number of aromatic nitrogens is 2. The van der Waals surface area contributed by atoms with Gasteiger partial charge in [-0.05, 0) is 31.2 Å². The molecule has 0 radical (unpaired) electrons. The van der Waals surface area contributed by atoms with Crippen LogP contribution in [0.15, 0.2) is 54.6 Å². The molecule has 0 unspecified atom stereocenters. The van der Waals surface area contributed by atoms with Crippen molar-refractivity contribution in [1.29, 1.82) is 0 Å². The summed E-state index contributed by atoms with van der Waals surface area (Å²) in [4.78, 5) is 39.8. The standard InChI is InChI=1S/C20H21N5O3/c1-13(22-19(27)14-7-3-2-4-8-14)18-23-15-9-5-6-10-16(15)25(18)12-11-17(26)24-20(21)28/h2-10,13H,11-12H2,1H3,(H,22,27)(H3,21,24,26,28)/t13-/m1/s1. The van der Waals surface area contributed by atoms with E-state index in [2.05, 4.69) is 15.6 Å². The Balaban J connectivity index is 1.84. The summed E-state index contributed by atoms with van der Waals surface area (Å²) in [7, 11) is 0. The highest BCUT2D eigenvalue weighted by Crippen LogP contribution is 2.21. The quantitative estimate of drug-likeness (QED) is 0.608. The number of nitrogens with two attached hydrogens (primary N) is 1. The third-order valence-electron chi connectivity index (χ3n) is 4.28. The topological polar surface area (TPSA) is 119 Å². The second kappa shape index (κ2) is 8.34. The van der Waals surface area contributed by atoms with Gasteiger partial charge in [-0.15, -0.1) is 0 Å². The minimum absolute atomic E-state index is 0.0512. The largest absolute Gasteiger partial charge is 0.351 e. The van der Waals surface area contributed by atoms with Gasteiger partial charge in [0.05, 0.1) is 17.1 Å². The first kappa shape index (κ1) is 19.1. The lowest BCUT2D eigenvalue weighted by molar-refractivity contribution is -0.120. The van der Waals surface area contributed by atoms with E-state index in [-0.39, 0.29) is 18.4 Å². The van der Waals surface area contributed by atoms with Gasteiger partial charge in [0.25, 0.3) is 5.91 Å². The average molecular weight is 379 g/mol. The van der Waals surface area contributed by atoms with Crippen LogP contribution in [0.25, 0.3) is 11.0 Å². The molecule has 0 bridgehead atoms. The van der Waals surface area contributed by atoms with E-state index >= 15 is 0 Å². The van der Waals surface area contributed by atoms with Crippen molar-refractivity contribution in [3.05, 3.63) is 66.0 Å². The van der Waals surface area contributed by atoms with Crippen molar-refractivity contribution in [1.82, 2.24) is 20.2 Å². The molecule has 1 heterocycles. The number of carbonyl (C=O) groups is 3. The van der Waals surface area contributed by atoms with Crippen LogP contribution in [0.5, 0.6) is 0 Å². The molecule has 0 saturated carbocycles. The Bertz CT molecular complexity index is 1010. The minimum atomic E-state index is -0.885. The zero-order valence-corrected chi connectivity index (χ0v) is 15.4. The fraction of sp³-hybridized carbons (Fsp3) is 0.200. The second-order valence-electron chi connectivity index (χ2n) is 6.33. The number of benzene rings is 2. The van der Waals surface area contributed by atoms with E-state index in [1.165, 1.54) is 0 Å². The van der Waals surface area contributed by atoms with E-state index in [4.69, 9.17) is 5.73 Å². The van der Waals surface area contributed by atoms with Crippen molar-refractivity contribution >= 4 is 28.9 Å². The molecule has 28 heavy (non-hydrogen) atoms. The van der Waals surface area contributed by atoms with E-state index in [9.17, 15) is 14.4 Å². The molecule has 3 rings (SSSR count). The van der Waals surface area contributed by atoms with Gasteiger partial charge in [-0.3, -0.25) is 14.9 Å². The summed E-state index contributed by atoms with van der Waals surface area (Å²) in [5, 5.41) is 4.99. The van der Waals surface area contributed by atoms with Gasteiger partial charge in [-0.2, -0.15) is 0 Å². The zero-order chi connectivity index (χ0) is 20.1. The lowest BCUT2D eigenvalue weighted by atomic mass is 10.2. The predicted octanol–water partition coefficient (Wildman–Crippen LogP) is 2.11. The summed E-state index contributed by atoms with van der Waals surface area (Å²) in [5.41, 5.74) is 7.13. The molecule has 1 aromatic heterocycles. The van der Waals surface area contributed by atoms with E-state index in [0.29, 0.717) is 17.9 Å². The average Bonchev–Trinajstić information content (AvgIpc) is 3.05. The Morgan fingerprint density at radius 3 is 2.46 bits per heavy atom. The normalized spacial score (nSPS) is 11.8. The molecule has 0 fully saturated rings. The number of urea groups is 1. The second-order valence-corrected chi connectivity index (χ2v) is 6.33. The lowest BCUT2D eigenvalue weighted by Gasteiger charge is -2.16. The number of hydrogen-bond donors (Lipinski definition) is 3. The van der Waals surface area contributed by atoms with Crippen molar-refractivity contribution in [2.24, 2.45) is 5.73 Å². The Morgan fingerprint density at radius 2 is 1.75 bits per heavy atom. The number of hydrogen-bond acceptors (Lipinski definition) is 4. The highest BCUT2D eigenvalue weighted by Gasteiger charge is 2.19. The number of fused-ring (bicyclic) bond motifs is 1. The van der Waals surface area contributed by atoms with Crippen LogP contribution < -0.4 is 16.4 Å². The first-order chi connectivity index (χ1) is 13.5. The van der Waals surface area contributed by atoms with Crippen LogP contribution in [0.1, 0.15) is 35.6 Å². The van der Waals surface area contributed by atoms with Crippen LogP contribution in [0.4, 0.5) is 4.79 Å². The molecule has 144 valence electrons. The molecule has 0 aliphatic carbocycles. The van der Waals surface area contributed by atoms with Gasteiger partial charge in [0, 0.05) is 18.5 Å². The minimum Gasteiger partial charge on any atom is -0.351 e. The van der Waals surface area contributed by atoms with Gasteiger partial charge in [0.15, 0.2) is 0 Å². The number of imide groups is 1. The monoisotopic (exact) mass is 379 g/mol. The maximum Gasteiger partial charge on any atom is 0.318 e. The summed E-state index contributed by atoms with van der Waals surface area (Å²) >= 11 is 0. The molecule has 4 N–H and O–H groups in total. The number of carbonyl (C=O) groups excluding carboxylic acids is 3. The lowest BCUT2D eigenvalue weighted by Crippen LogP contribution is -2.35. The number of imidazole rings is 1. The number of rotatable bonds is 6. The highest BCUT2D eigenvalue weighted by atomic mass is 16.2. The molecule has 1 atom stereocenters. The molecule has 3 aromatic rings. The third kappa shape index (κ3) is 4.35. The van der Waals surface area contributed by atoms with Crippen LogP contribution in [0, 0.1) is 0 Å². The Morgan fingerprint density at radius 1 is 1.07 bits per heavy atom. The Labute approximate surface area is 161 Å². The number of para-hydroxylation sites is 2. The molecule has 0 saturated heterocycles. The van der Waals surface area contributed by atoms with Crippen molar-refractivity contribution < 1.29 is 14.4 Å². The predicted molar refractivity (Wildman–Crippen MR) is 104 cm³/mol. The summed E-state index contributed by atoms with van der Waals surface area (Å²) in [5.74, 6) is -0.0623. The van der Waals surface area contributed by atoms with Gasteiger partial charge in [0.1, 0.15) is 5.82 Å². The number of aryl methyl sites for hydroxylation is 1. The smallest absolute Gasteiger partial charge is 0.318 e. The molecule has 8 nitrogen and oxygen atoms in total. The number of nitrogens with zero attached hydrogens (tertiary/aromatic N) is 2. The molecule has 0 aliphatic heterocycles. The highest BCUT2D eigenvalue weighted by molar-refractivity contribution is 5.94. The SMILES string of the molecule is C[C@@H](NC(=O)c1ccccc1)c1nc2ccccc2n1CCC(=O)NC(N)=O. The van der Waals surface area contributed by atoms with E-state index in [1.807, 2.05) is 41.8 Å². The molecule has 0 spiro atoms. The maximum atomic E-state index is 12.5. The van der Waals surface area contributed by atoms with Gasteiger partial charge < -0.3 is 15.6 Å². The molecular formula is C20H21N5O3. The maximum absolute atomic E-state index is 12.5. The summed E-state index contributed by atoms with van der Waals surface area (Å²) in [6.07, 6.45) is 0.0512. The van der Waals surface area contributed by atoms with Crippen LogP contribution >= 0.6 is 0 Å². The van der Waals surface area contributed by atoms with Gasteiger partial charge in [0.2, 0.25) is 5.91 Å². The molecule has 4 amide bonds. The number of amides is 4. The van der Waals surface area contributed by atoms with Gasteiger partial charge in [-0.1, -0.05) is 30.3 Å². The van der Waals surface area contributed by atoms with Crippen molar-refractivity contribution in [3.8, 4) is 0 Å². The molecular weight excluding hydrogens is 358 g/mol. The van der Waals surface area contributed by atoms with Crippen LogP contribution in [0.3, 0.4) is 0 Å². The Kier molecular flexibility index (Phi) is 5.69. The number of primary amides is 1. The van der Waals surface area contributed by atoms with E-state index < -0.39 is 11.9 Å². The van der Waals surface area contributed by atoms with Crippen LogP contribution in [-0.2, 0) is 11.3 Å². The molecule has 2 aromatic carbocycles. The fourth-order valence-corrected chi connectivity index (χ4v) is 3.01. The van der Waals surface area contributed by atoms with Crippen molar-refractivity contribution in [3.63, 3.8) is 0 Å². The van der Waals surface area contributed by atoms with Crippen LogP contribution in [0.2, 0.25) is 0 Å². The zero-order valence-electron chi connectivity index (χ0n) is 15.4. The van der Waals surface area contributed by atoms with Crippen LogP contribution in [-0.4, -0.2) is 27.4 Å². The Hall–Kier alpha value is -3.68. The summed E-state index contributed by atoms with van der Waals surface area (Å²) < 4.78 is 1.87. The van der Waals surface area contributed by atoms with Gasteiger partial charge >= 0.3 is 6.03 Å². The fourth-order valence-electron chi connectivity index (χ4n) is 3.01. The summed E-state index contributed by atoms with van der Waals surface area (Å²) in [6, 6.07) is 15.1. The van der Waals surface area contributed by atoms with Crippen molar-refractivity contribution in [2.45, 2.75) is 25.9 Å². The molecule has 8 heteroatoms. The number of nitrogens with one attached hydrogen (secondary N) is 2.